The summed E-state index contributed by atoms with van der Waals surface area (Å²) >= 11 is 6.44. The number of nitrogens with one attached hydrogen (secondary N) is 2. The first kappa shape index (κ1) is 16.3. The number of nitrogens with zero attached hydrogens (tertiary/aromatic N) is 1. The van der Waals surface area contributed by atoms with Crippen LogP contribution in [0.3, 0.4) is 0 Å². The van der Waals surface area contributed by atoms with Gasteiger partial charge in [0.15, 0.2) is 5.82 Å². The molecule has 0 saturated carbocycles. The normalized spacial score (nSPS) is 11.9. The minimum Gasteiger partial charge on any atom is -0.399 e. The third kappa shape index (κ3) is 3.58. The molecule has 1 heterocycles. The molecule has 0 fully saturated rings. The molecular formula is C12H14Br2N4O2S. The molecular weight excluding hydrogens is 424 g/mol. The van der Waals surface area contributed by atoms with Crippen molar-refractivity contribution in [3.63, 3.8) is 0 Å². The molecule has 0 radical (unpaired) electrons. The van der Waals surface area contributed by atoms with Crippen LogP contribution in [-0.4, -0.2) is 18.6 Å². The van der Waals surface area contributed by atoms with Crippen molar-refractivity contribution in [2.45, 2.75) is 24.7 Å². The molecule has 6 nitrogen and oxygen atoms in total. The lowest BCUT2D eigenvalue weighted by Gasteiger charge is -2.10. The molecule has 0 saturated heterocycles. The van der Waals surface area contributed by atoms with Crippen LogP contribution in [0.15, 0.2) is 32.0 Å². The van der Waals surface area contributed by atoms with Gasteiger partial charge in [-0.3, -0.25) is 9.82 Å². The van der Waals surface area contributed by atoms with Gasteiger partial charge in [-0.2, -0.15) is 5.10 Å². The molecule has 0 unspecified atom stereocenters. The van der Waals surface area contributed by atoms with E-state index in [9.17, 15) is 8.42 Å². The zero-order chi connectivity index (χ0) is 15.8. The van der Waals surface area contributed by atoms with E-state index in [-0.39, 0.29) is 16.6 Å². The molecule has 0 bridgehead atoms. The van der Waals surface area contributed by atoms with Crippen molar-refractivity contribution in [1.29, 1.82) is 0 Å². The lowest BCUT2D eigenvalue weighted by Crippen LogP contribution is -2.14. The molecule has 21 heavy (non-hydrogen) atoms. The zero-order valence-corrected chi connectivity index (χ0v) is 15.3. The molecule has 0 aliphatic heterocycles. The SMILES string of the molecule is CC(C)c1cc(NS(=O)(=O)c2c(Br)cc(N)cc2Br)n[nH]1. The van der Waals surface area contributed by atoms with Crippen molar-refractivity contribution >= 4 is 53.4 Å². The number of nitrogens with two attached hydrogens (primary N) is 1. The number of rotatable bonds is 4. The van der Waals surface area contributed by atoms with Gasteiger partial charge >= 0.3 is 0 Å². The van der Waals surface area contributed by atoms with E-state index in [1.807, 2.05) is 13.8 Å². The van der Waals surface area contributed by atoms with Gasteiger partial charge in [-0.1, -0.05) is 13.8 Å². The molecule has 1 aromatic heterocycles. The van der Waals surface area contributed by atoms with Crippen LogP contribution >= 0.6 is 31.9 Å². The van der Waals surface area contributed by atoms with Crippen molar-refractivity contribution in [3.8, 4) is 0 Å². The average Bonchev–Trinajstić information content (AvgIpc) is 2.74. The standard InChI is InChI=1S/C12H14Br2N4O2S/c1-6(2)10-5-11(17-16-10)18-21(19,20)12-8(13)3-7(15)4-9(12)14/h3-6H,15H2,1-2H3,(H2,16,17,18). The fourth-order valence-electron chi connectivity index (χ4n) is 1.71. The molecule has 4 N–H and O–H groups in total. The number of hydrogen-bond acceptors (Lipinski definition) is 4. The van der Waals surface area contributed by atoms with E-state index in [4.69, 9.17) is 5.73 Å². The maximum Gasteiger partial charge on any atom is 0.265 e. The number of nitrogen functional groups attached to an aromatic ring is 1. The fourth-order valence-corrected chi connectivity index (χ4v) is 5.32. The van der Waals surface area contributed by atoms with Crippen molar-refractivity contribution in [2.24, 2.45) is 0 Å². The van der Waals surface area contributed by atoms with Crippen molar-refractivity contribution < 1.29 is 8.42 Å². The van der Waals surface area contributed by atoms with Crippen LogP contribution < -0.4 is 10.5 Å². The Morgan fingerprint density at radius 2 is 1.81 bits per heavy atom. The van der Waals surface area contributed by atoms with E-state index in [1.165, 1.54) is 12.1 Å². The van der Waals surface area contributed by atoms with Crippen LogP contribution in [0.2, 0.25) is 0 Å². The molecule has 9 heteroatoms. The first-order valence-electron chi connectivity index (χ1n) is 6.03. The van der Waals surface area contributed by atoms with Gasteiger partial charge in [0.25, 0.3) is 10.0 Å². The molecule has 114 valence electrons. The predicted molar refractivity (Wildman–Crippen MR) is 89.7 cm³/mol. The second-order valence-corrected chi connectivity index (χ2v) is 8.11. The van der Waals surface area contributed by atoms with Gasteiger partial charge in [-0.05, 0) is 49.9 Å². The van der Waals surface area contributed by atoms with Gasteiger partial charge in [-0.15, -0.1) is 0 Å². The highest BCUT2D eigenvalue weighted by molar-refractivity contribution is 9.11. The van der Waals surface area contributed by atoms with Gasteiger partial charge in [0.05, 0.1) is 0 Å². The summed E-state index contributed by atoms with van der Waals surface area (Å²) in [6, 6.07) is 4.73. The maximum absolute atomic E-state index is 12.5. The monoisotopic (exact) mass is 436 g/mol. The van der Waals surface area contributed by atoms with E-state index in [0.717, 1.165) is 5.69 Å². The maximum atomic E-state index is 12.5. The number of sulfonamides is 1. The second kappa shape index (κ2) is 5.98. The highest BCUT2D eigenvalue weighted by Gasteiger charge is 2.23. The molecule has 0 amide bonds. The van der Waals surface area contributed by atoms with Crippen LogP contribution in [0.4, 0.5) is 11.5 Å². The summed E-state index contributed by atoms with van der Waals surface area (Å²) in [4.78, 5) is 0.0748. The van der Waals surface area contributed by atoms with Crippen molar-refractivity contribution in [2.75, 3.05) is 10.5 Å². The number of hydrogen-bond donors (Lipinski definition) is 3. The molecule has 0 aliphatic carbocycles. The topological polar surface area (TPSA) is 101 Å². The third-order valence-corrected chi connectivity index (χ3v) is 5.98. The van der Waals surface area contributed by atoms with Crippen LogP contribution in [0.25, 0.3) is 0 Å². The van der Waals surface area contributed by atoms with E-state index in [0.29, 0.717) is 14.6 Å². The molecule has 2 aromatic rings. The highest BCUT2D eigenvalue weighted by Crippen LogP contribution is 2.33. The Balaban J connectivity index is 2.38. The van der Waals surface area contributed by atoms with E-state index >= 15 is 0 Å². The number of aromatic amines is 1. The van der Waals surface area contributed by atoms with Gasteiger partial charge in [0.2, 0.25) is 0 Å². The Kier molecular flexibility index (Phi) is 4.64. The summed E-state index contributed by atoms with van der Waals surface area (Å²) in [7, 11) is -3.79. The van der Waals surface area contributed by atoms with Crippen LogP contribution in [-0.2, 0) is 10.0 Å². The first-order chi connectivity index (χ1) is 9.70. The molecule has 0 aliphatic rings. The predicted octanol–water partition coefficient (Wildman–Crippen LogP) is 3.44. The summed E-state index contributed by atoms with van der Waals surface area (Å²) in [5, 5.41) is 6.75. The summed E-state index contributed by atoms with van der Waals surface area (Å²) in [5.74, 6) is 0.472. The second-order valence-electron chi connectivity index (χ2n) is 4.78. The minimum absolute atomic E-state index is 0.0748. The Morgan fingerprint density at radius 3 is 2.29 bits per heavy atom. The number of benzene rings is 1. The molecule has 0 spiro atoms. The van der Waals surface area contributed by atoms with Crippen molar-refractivity contribution in [1.82, 2.24) is 10.2 Å². The number of H-pyrrole nitrogens is 1. The van der Waals surface area contributed by atoms with Crippen molar-refractivity contribution in [3.05, 3.63) is 32.8 Å². The Hall–Kier alpha value is -1.06. The lowest BCUT2D eigenvalue weighted by atomic mass is 10.1. The van der Waals surface area contributed by atoms with E-state index < -0.39 is 10.0 Å². The van der Waals surface area contributed by atoms with E-state index in [2.05, 4.69) is 46.8 Å². The summed E-state index contributed by atoms with van der Waals surface area (Å²) in [6.45, 7) is 3.97. The summed E-state index contributed by atoms with van der Waals surface area (Å²) in [6.07, 6.45) is 0. The van der Waals surface area contributed by atoms with Crippen LogP contribution in [0.5, 0.6) is 0 Å². The fraction of sp³-hybridized carbons (Fsp3) is 0.250. The minimum atomic E-state index is -3.79. The highest BCUT2D eigenvalue weighted by atomic mass is 79.9. The Bertz CT molecular complexity index is 748. The zero-order valence-electron chi connectivity index (χ0n) is 11.3. The number of aromatic nitrogens is 2. The number of halogens is 2. The third-order valence-electron chi connectivity index (χ3n) is 2.75. The molecule has 2 rings (SSSR count). The number of anilines is 2. The molecule has 1 aromatic carbocycles. The van der Waals surface area contributed by atoms with Crippen LogP contribution in [0.1, 0.15) is 25.5 Å². The largest absolute Gasteiger partial charge is 0.399 e. The van der Waals surface area contributed by atoms with Gasteiger partial charge < -0.3 is 5.73 Å². The van der Waals surface area contributed by atoms with Crippen LogP contribution in [0, 0.1) is 0 Å². The summed E-state index contributed by atoms with van der Waals surface area (Å²) in [5.41, 5.74) is 6.97. The smallest absolute Gasteiger partial charge is 0.265 e. The summed E-state index contributed by atoms with van der Waals surface area (Å²) < 4.78 is 28.1. The lowest BCUT2D eigenvalue weighted by molar-refractivity contribution is 0.600. The van der Waals surface area contributed by atoms with Gasteiger partial charge in [-0.25, -0.2) is 8.42 Å². The van der Waals surface area contributed by atoms with Gasteiger partial charge in [0.1, 0.15) is 4.90 Å². The molecule has 0 atom stereocenters. The van der Waals surface area contributed by atoms with Gasteiger partial charge in [0, 0.05) is 26.4 Å². The van der Waals surface area contributed by atoms with E-state index in [1.54, 1.807) is 6.07 Å². The Morgan fingerprint density at radius 1 is 1.24 bits per heavy atom. The quantitative estimate of drug-likeness (QED) is 0.637. The Labute approximate surface area is 139 Å². The first-order valence-corrected chi connectivity index (χ1v) is 9.10. The average molecular weight is 438 g/mol.